The fourth-order valence-corrected chi connectivity index (χ4v) is 4.29. The Morgan fingerprint density at radius 2 is 1.74 bits per heavy atom. The van der Waals surface area contributed by atoms with Crippen molar-refractivity contribution in [1.82, 2.24) is 0 Å². The summed E-state index contributed by atoms with van der Waals surface area (Å²) < 4.78 is 36.5. The van der Waals surface area contributed by atoms with Gasteiger partial charge in [-0.1, -0.05) is 24.3 Å². The molecule has 3 aromatic rings. The minimum absolute atomic E-state index is 0.0435. The third-order valence-electron chi connectivity index (χ3n) is 5.08. The molecule has 0 aromatic heterocycles. The maximum absolute atomic E-state index is 12.7. The smallest absolute Gasteiger partial charge is 0.271 e. The second-order valence-corrected chi connectivity index (χ2v) is 9.57. The number of hydrogen-bond acceptors (Lipinski definition) is 7. The number of nitrogens with zero attached hydrogens (tertiary/aromatic N) is 2. The molecule has 1 N–H and O–H groups in total. The molecular formula is C24H25N3O7S. The standard InChI is InChI=1S/C24H25N3O7S/c1-33-16-18-5-4-6-20(13-18)25-24(28)19-9-7-17(8-10-19)15-26(35(3,31)32)22-14-21(27(29)30)11-12-23(22)34-2/h4-14H,15-16H2,1-3H3,(H,25,28). The largest absolute Gasteiger partial charge is 0.495 e. The quantitative estimate of drug-likeness (QED) is 0.330. The van der Waals surface area contributed by atoms with Crippen molar-refractivity contribution in [3.8, 4) is 5.75 Å². The van der Waals surface area contributed by atoms with E-state index in [4.69, 9.17) is 9.47 Å². The van der Waals surface area contributed by atoms with Crippen molar-refractivity contribution < 1.29 is 27.6 Å². The molecule has 3 aromatic carbocycles. The van der Waals surface area contributed by atoms with E-state index in [0.29, 0.717) is 23.4 Å². The molecule has 0 spiro atoms. The van der Waals surface area contributed by atoms with Crippen LogP contribution in [0.2, 0.25) is 0 Å². The topological polar surface area (TPSA) is 128 Å². The van der Waals surface area contributed by atoms with Crippen LogP contribution in [0.1, 0.15) is 21.5 Å². The molecule has 0 radical (unpaired) electrons. The predicted molar refractivity (Wildman–Crippen MR) is 132 cm³/mol. The highest BCUT2D eigenvalue weighted by atomic mass is 32.2. The molecular weight excluding hydrogens is 474 g/mol. The number of carbonyl (C=O) groups is 1. The minimum Gasteiger partial charge on any atom is -0.495 e. The average Bonchev–Trinajstić information content (AvgIpc) is 2.82. The second kappa shape index (κ2) is 11.0. The molecule has 3 rings (SSSR count). The highest BCUT2D eigenvalue weighted by Gasteiger charge is 2.24. The monoisotopic (exact) mass is 499 g/mol. The number of methoxy groups -OCH3 is 2. The van der Waals surface area contributed by atoms with Crippen LogP contribution in [-0.2, 0) is 27.9 Å². The normalized spacial score (nSPS) is 11.1. The number of nitro groups is 1. The third-order valence-corrected chi connectivity index (χ3v) is 6.21. The van der Waals surface area contributed by atoms with Crippen molar-refractivity contribution in [2.24, 2.45) is 0 Å². The van der Waals surface area contributed by atoms with E-state index in [1.54, 1.807) is 37.4 Å². The van der Waals surface area contributed by atoms with E-state index < -0.39 is 14.9 Å². The summed E-state index contributed by atoms with van der Waals surface area (Å²) in [5, 5.41) is 14.0. The average molecular weight is 500 g/mol. The van der Waals surface area contributed by atoms with Gasteiger partial charge in [-0.15, -0.1) is 0 Å². The summed E-state index contributed by atoms with van der Waals surface area (Å²) in [5.41, 5.74) is 2.26. The molecule has 0 aliphatic rings. The molecule has 11 heteroatoms. The van der Waals surface area contributed by atoms with Gasteiger partial charge in [0.1, 0.15) is 11.4 Å². The lowest BCUT2D eigenvalue weighted by molar-refractivity contribution is -0.384. The van der Waals surface area contributed by atoms with Gasteiger partial charge in [0.05, 0.1) is 31.4 Å². The van der Waals surface area contributed by atoms with Crippen LogP contribution in [0.15, 0.2) is 66.7 Å². The summed E-state index contributed by atoms with van der Waals surface area (Å²) in [6.07, 6.45) is 1.00. The van der Waals surface area contributed by atoms with Gasteiger partial charge in [0.15, 0.2) is 0 Å². The Kier molecular flexibility index (Phi) is 8.05. The minimum atomic E-state index is -3.83. The Hall–Kier alpha value is -3.96. The van der Waals surface area contributed by atoms with Crippen LogP contribution in [0.25, 0.3) is 0 Å². The summed E-state index contributed by atoms with van der Waals surface area (Å²) in [6, 6.07) is 17.4. The van der Waals surface area contributed by atoms with Crippen molar-refractivity contribution in [2.45, 2.75) is 13.2 Å². The highest BCUT2D eigenvalue weighted by Crippen LogP contribution is 2.34. The lowest BCUT2D eigenvalue weighted by atomic mass is 10.1. The number of hydrogen-bond donors (Lipinski definition) is 1. The van der Waals surface area contributed by atoms with Crippen molar-refractivity contribution in [3.05, 3.63) is 93.5 Å². The van der Waals surface area contributed by atoms with Gasteiger partial charge in [0, 0.05) is 30.5 Å². The second-order valence-electron chi connectivity index (χ2n) is 7.67. The summed E-state index contributed by atoms with van der Waals surface area (Å²) in [7, 11) is -0.885. The number of ether oxygens (including phenoxy) is 2. The summed E-state index contributed by atoms with van der Waals surface area (Å²) >= 11 is 0. The first-order valence-corrected chi connectivity index (χ1v) is 12.3. The molecule has 1 amide bonds. The Morgan fingerprint density at radius 1 is 1.03 bits per heavy atom. The van der Waals surface area contributed by atoms with Crippen molar-refractivity contribution in [1.29, 1.82) is 0 Å². The molecule has 35 heavy (non-hydrogen) atoms. The summed E-state index contributed by atoms with van der Waals surface area (Å²) in [4.78, 5) is 23.3. The van der Waals surface area contributed by atoms with E-state index in [1.807, 2.05) is 18.2 Å². The van der Waals surface area contributed by atoms with Crippen LogP contribution in [0.5, 0.6) is 5.75 Å². The van der Waals surface area contributed by atoms with Crippen LogP contribution >= 0.6 is 0 Å². The number of nitro benzene ring substituents is 1. The number of sulfonamides is 1. The Labute approximate surface area is 203 Å². The lowest BCUT2D eigenvalue weighted by Gasteiger charge is -2.24. The van der Waals surface area contributed by atoms with E-state index in [9.17, 15) is 23.3 Å². The molecule has 0 heterocycles. The zero-order valence-corrected chi connectivity index (χ0v) is 20.2. The lowest BCUT2D eigenvalue weighted by Crippen LogP contribution is -2.29. The summed E-state index contributed by atoms with van der Waals surface area (Å²) in [5.74, 6) is -0.154. The predicted octanol–water partition coefficient (Wildman–Crippen LogP) is 3.97. The molecule has 0 unspecified atom stereocenters. The molecule has 0 bridgehead atoms. The van der Waals surface area contributed by atoms with E-state index >= 15 is 0 Å². The SMILES string of the molecule is COCc1cccc(NC(=O)c2ccc(CN(c3cc([N+](=O)[O-])ccc3OC)S(C)(=O)=O)cc2)c1. The number of benzene rings is 3. The number of nitrogens with one attached hydrogen (secondary N) is 1. The molecule has 0 saturated carbocycles. The fraction of sp³-hybridized carbons (Fsp3) is 0.208. The van der Waals surface area contributed by atoms with E-state index in [-0.39, 0.29) is 29.6 Å². The molecule has 0 aliphatic carbocycles. The van der Waals surface area contributed by atoms with E-state index in [1.165, 1.54) is 19.2 Å². The van der Waals surface area contributed by atoms with Crippen LogP contribution in [0, 0.1) is 10.1 Å². The molecule has 0 saturated heterocycles. The first-order chi connectivity index (χ1) is 16.6. The zero-order chi connectivity index (χ0) is 25.6. The highest BCUT2D eigenvalue weighted by molar-refractivity contribution is 7.92. The zero-order valence-electron chi connectivity index (χ0n) is 19.4. The first-order valence-electron chi connectivity index (χ1n) is 10.4. The number of amides is 1. The molecule has 0 atom stereocenters. The maximum Gasteiger partial charge on any atom is 0.271 e. The molecule has 10 nitrogen and oxygen atoms in total. The van der Waals surface area contributed by atoms with Crippen molar-refractivity contribution in [2.75, 3.05) is 30.1 Å². The van der Waals surface area contributed by atoms with Gasteiger partial charge < -0.3 is 14.8 Å². The van der Waals surface area contributed by atoms with E-state index in [0.717, 1.165) is 22.2 Å². The van der Waals surface area contributed by atoms with Crippen LogP contribution in [0.3, 0.4) is 0 Å². The van der Waals surface area contributed by atoms with Gasteiger partial charge in [0.2, 0.25) is 10.0 Å². The van der Waals surface area contributed by atoms with Gasteiger partial charge in [-0.3, -0.25) is 19.2 Å². The first kappa shape index (κ1) is 25.7. The van der Waals surface area contributed by atoms with Gasteiger partial charge in [0.25, 0.3) is 11.6 Å². The van der Waals surface area contributed by atoms with Crippen molar-refractivity contribution >= 4 is 33.0 Å². The number of non-ortho nitro benzene ring substituents is 1. The summed E-state index contributed by atoms with van der Waals surface area (Å²) in [6.45, 7) is 0.307. The van der Waals surface area contributed by atoms with Gasteiger partial charge in [-0.25, -0.2) is 8.42 Å². The van der Waals surface area contributed by atoms with Gasteiger partial charge in [-0.05, 0) is 41.5 Å². The van der Waals surface area contributed by atoms with E-state index in [2.05, 4.69) is 5.32 Å². The maximum atomic E-state index is 12.7. The molecule has 0 fully saturated rings. The number of carbonyl (C=O) groups excluding carboxylic acids is 1. The molecule has 0 aliphatic heterocycles. The van der Waals surface area contributed by atoms with Crippen LogP contribution < -0.4 is 14.4 Å². The third kappa shape index (κ3) is 6.55. The number of rotatable bonds is 10. The van der Waals surface area contributed by atoms with Gasteiger partial charge >= 0.3 is 0 Å². The number of anilines is 2. The van der Waals surface area contributed by atoms with Crippen LogP contribution in [0.4, 0.5) is 17.1 Å². The van der Waals surface area contributed by atoms with Crippen LogP contribution in [-0.4, -0.2) is 39.7 Å². The van der Waals surface area contributed by atoms with Gasteiger partial charge in [-0.2, -0.15) is 0 Å². The Balaban J connectivity index is 1.83. The Bertz CT molecular complexity index is 1330. The Morgan fingerprint density at radius 3 is 2.34 bits per heavy atom. The fourth-order valence-electron chi connectivity index (χ4n) is 3.40. The molecule has 184 valence electrons. The van der Waals surface area contributed by atoms with Crippen molar-refractivity contribution in [3.63, 3.8) is 0 Å².